The van der Waals surface area contributed by atoms with Crippen molar-refractivity contribution < 1.29 is 26.3 Å². The molecule has 0 bridgehead atoms. The Balaban J connectivity index is 1.36. The van der Waals surface area contributed by atoms with Crippen molar-refractivity contribution in [2.45, 2.75) is 70.1 Å². The molecule has 0 radical (unpaired) electrons. The Kier molecular flexibility index (Phi) is 9.05. The molecule has 0 N–H and O–H groups in total. The van der Waals surface area contributed by atoms with Gasteiger partial charge in [0.05, 0.1) is 9.75 Å². The molecule has 6 heterocycles. The molecule has 6 aromatic heterocycles. The minimum Gasteiger partial charge on any atom is -0.194 e. The van der Waals surface area contributed by atoms with Gasteiger partial charge in [-0.3, -0.25) is 0 Å². The molecule has 0 aliphatic heterocycles. The maximum atomic E-state index is 16.9. The number of allylic oxidation sites excluding steroid dienone is 2. The molecule has 1 aliphatic carbocycles. The van der Waals surface area contributed by atoms with Gasteiger partial charge in [0, 0.05) is 70.7 Å². The van der Waals surface area contributed by atoms with E-state index in [0.29, 0.717) is 19.5 Å². The quantitative estimate of drug-likeness (QED) is 0.146. The summed E-state index contributed by atoms with van der Waals surface area (Å²) < 4.78 is 102. The van der Waals surface area contributed by atoms with Crippen LogP contribution in [0.15, 0.2) is 97.1 Å². The van der Waals surface area contributed by atoms with Crippen LogP contribution in [0.5, 0.6) is 0 Å². The van der Waals surface area contributed by atoms with Crippen LogP contribution in [-0.4, -0.2) is 17.8 Å². The highest BCUT2D eigenvalue weighted by molar-refractivity contribution is 7.29. The Morgan fingerprint density at radius 2 is 0.789 bits per heavy atom. The summed E-state index contributed by atoms with van der Waals surface area (Å²) in [5.41, 5.74) is -3.66. The van der Waals surface area contributed by atoms with Crippen LogP contribution in [0.3, 0.4) is 0 Å². The largest absolute Gasteiger partial charge is 0.380 e. The Hall–Kier alpha value is -3.52. The van der Waals surface area contributed by atoms with Crippen molar-refractivity contribution in [2.24, 2.45) is 0 Å². The summed E-state index contributed by atoms with van der Waals surface area (Å²) >= 11 is 7.94. The first-order valence-corrected chi connectivity index (χ1v) is 23.0. The van der Waals surface area contributed by atoms with E-state index in [-0.39, 0.29) is 31.7 Å². The van der Waals surface area contributed by atoms with E-state index in [1.54, 1.807) is 0 Å². The molecule has 0 nitrogen and oxygen atoms in total. The number of rotatable bonds is 6. The number of halogens is 6. The Morgan fingerprint density at radius 3 is 1.14 bits per heavy atom. The molecule has 12 heteroatoms. The molecule has 0 fully saturated rings. The van der Waals surface area contributed by atoms with E-state index in [0.717, 1.165) is 39.7 Å². The summed E-state index contributed by atoms with van der Waals surface area (Å²) in [4.78, 5) is 6.26. The van der Waals surface area contributed by atoms with Gasteiger partial charge in [-0.15, -0.1) is 68.0 Å². The summed E-state index contributed by atoms with van der Waals surface area (Å²) in [6, 6.07) is 29.2. The summed E-state index contributed by atoms with van der Waals surface area (Å²) in [5, 5.41) is 1.68. The first-order valence-electron chi connectivity index (χ1n) is 18.1. The normalized spacial score (nSPS) is 16.8. The van der Waals surface area contributed by atoms with E-state index in [9.17, 15) is 0 Å². The van der Waals surface area contributed by atoms with Gasteiger partial charge in [-0.1, -0.05) is 77.9 Å². The number of hydrogen-bond donors (Lipinski definition) is 0. The van der Waals surface area contributed by atoms with Crippen molar-refractivity contribution in [1.82, 2.24) is 0 Å². The van der Waals surface area contributed by atoms with E-state index in [1.165, 1.54) is 80.2 Å². The molecule has 0 amide bonds. The van der Waals surface area contributed by atoms with Crippen LogP contribution in [-0.2, 0) is 10.8 Å². The third-order valence-electron chi connectivity index (χ3n) is 10.1. The van der Waals surface area contributed by atoms with Gasteiger partial charge in [0.15, 0.2) is 0 Å². The lowest BCUT2D eigenvalue weighted by Gasteiger charge is -2.25. The van der Waals surface area contributed by atoms with E-state index < -0.39 is 28.9 Å². The first kappa shape index (κ1) is 39.0. The summed E-state index contributed by atoms with van der Waals surface area (Å²) in [7, 11) is 0. The van der Waals surface area contributed by atoms with Crippen molar-refractivity contribution >= 4 is 99.3 Å². The van der Waals surface area contributed by atoms with Crippen molar-refractivity contribution in [3.05, 3.63) is 118 Å². The average molecular weight is 881 g/mol. The summed E-state index contributed by atoms with van der Waals surface area (Å²) in [6.45, 7) is 12.4. The lowest BCUT2D eigenvalue weighted by molar-refractivity contribution is -0.254. The predicted molar refractivity (Wildman–Crippen MR) is 236 cm³/mol. The fourth-order valence-electron chi connectivity index (χ4n) is 7.13. The maximum Gasteiger partial charge on any atom is 0.380 e. The summed E-state index contributed by atoms with van der Waals surface area (Å²) in [5.74, 6) is -16.2. The van der Waals surface area contributed by atoms with E-state index >= 15 is 26.3 Å². The topological polar surface area (TPSA) is 0 Å². The van der Waals surface area contributed by atoms with Gasteiger partial charge < -0.3 is 0 Å². The highest BCUT2D eigenvalue weighted by Gasteiger charge is 2.80. The number of fused-ring (bicyclic) bond motifs is 2. The molecule has 0 unspecified atom stereocenters. The molecule has 1 aliphatic rings. The lowest BCUT2D eigenvalue weighted by atomic mass is 9.94. The Morgan fingerprint density at radius 1 is 0.404 bits per heavy atom. The van der Waals surface area contributed by atoms with Gasteiger partial charge in [0.1, 0.15) is 0 Å². The zero-order chi connectivity index (χ0) is 40.4. The van der Waals surface area contributed by atoms with E-state index in [2.05, 4.69) is 41.5 Å². The number of alkyl halides is 6. The van der Waals surface area contributed by atoms with Crippen LogP contribution >= 0.6 is 68.0 Å². The lowest BCUT2D eigenvalue weighted by Crippen LogP contribution is -2.48. The van der Waals surface area contributed by atoms with Crippen LogP contribution in [0.1, 0.15) is 62.4 Å². The van der Waals surface area contributed by atoms with Crippen molar-refractivity contribution in [1.29, 1.82) is 0 Å². The Labute approximate surface area is 350 Å². The zero-order valence-electron chi connectivity index (χ0n) is 31.5. The van der Waals surface area contributed by atoms with Crippen molar-refractivity contribution in [3.63, 3.8) is 0 Å². The molecule has 0 spiro atoms. The van der Waals surface area contributed by atoms with E-state index in [1.807, 2.05) is 84.9 Å². The van der Waals surface area contributed by atoms with Gasteiger partial charge in [0.2, 0.25) is 0 Å². The molecule has 9 rings (SSSR count). The average Bonchev–Trinajstić information content (AvgIpc) is 3.98. The molecule has 2 aromatic carbocycles. The SMILES string of the molecule is CC(C)(C)c1ccc(-c2cc(C3=C(c4cc(-c5ccc(C(C)(C)C)s5)sc4-c4cc5ccccc5s4)C(F)(F)C(F)(F)C3(F)F)c(-c3cc4ccccc4s3)s2)s1. The zero-order valence-corrected chi connectivity index (χ0v) is 36.4. The minimum absolute atomic E-state index is 0.203. The van der Waals surface area contributed by atoms with Crippen LogP contribution < -0.4 is 0 Å². The third kappa shape index (κ3) is 6.23. The fourth-order valence-corrected chi connectivity index (χ4v) is 14.1. The second-order valence-electron chi connectivity index (χ2n) is 16.3. The number of hydrogen-bond acceptors (Lipinski definition) is 6. The monoisotopic (exact) mass is 880 g/mol. The van der Waals surface area contributed by atoms with Gasteiger partial charge >= 0.3 is 17.8 Å². The molecule has 0 saturated carbocycles. The smallest absolute Gasteiger partial charge is 0.194 e. The first-order chi connectivity index (χ1) is 26.8. The molecule has 0 saturated heterocycles. The highest BCUT2D eigenvalue weighted by atomic mass is 32.1. The van der Waals surface area contributed by atoms with Gasteiger partial charge in [-0.25, -0.2) is 0 Å². The Bertz CT molecular complexity index is 2610. The van der Waals surface area contributed by atoms with Gasteiger partial charge in [-0.05, 0) is 82.3 Å². The molecule has 8 aromatic rings. The molecule has 57 heavy (non-hydrogen) atoms. The number of thiophene rings is 6. The van der Waals surface area contributed by atoms with E-state index in [4.69, 9.17) is 0 Å². The molecular formula is C45H34F6S6. The molecule has 292 valence electrons. The third-order valence-corrected chi connectivity index (χ3v) is 18.4. The molecule has 0 atom stereocenters. The van der Waals surface area contributed by atoms with Gasteiger partial charge in [0.25, 0.3) is 0 Å². The minimum atomic E-state index is -5.71. The fraction of sp³-hybridized carbons (Fsp3) is 0.244. The van der Waals surface area contributed by atoms with Crippen molar-refractivity contribution in [3.8, 4) is 39.0 Å². The predicted octanol–water partition coefficient (Wildman–Crippen LogP) is 17.5. The van der Waals surface area contributed by atoms with Crippen LogP contribution in [0.25, 0.3) is 70.3 Å². The van der Waals surface area contributed by atoms with Crippen LogP contribution in [0.2, 0.25) is 0 Å². The van der Waals surface area contributed by atoms with Gasteiger partial charge in [-0.2, -0.15) is 26.3 Å². The second kappa shape index (κ2) is 13.2. The van der Waals surface area contributed by atoms with Crippen molar-refractivity contribution in [2.75, 3.05) is 0 Å². The standard InChI is InChI=1S/C45H34F6S6/c1-41(2,3)35-17-15-29(54-35)31-21-25(39(56-31)33-19-23-11-7-9-13-27(23)52-33)37-38(44(48,49)45(50,51)43(37,46)47)26-22-32(30-16-18-36(55-30)42(4,5)6)57-40(26)34-20-24-12-8-10-14-28(24)53-34/h7-22H,1-6H3. The maximum absolute atomic E-state index is 16.9. The van der Waals surface area contributed by atoms with Crippen LogP contribution in [0.4, 0.5) is 26.3 Å². The summed E-state index contributed by atoms with van der Waals surface area (Å²) in [6.07, 6.45) is 0. The molecular weight excluding hydrogens is 847 g/mol. The highest BCUT2D eigenvalue weighted by Crippen LogP contribution is 2.68. The number of benzene rings is 2. The van der Waals surface area contributed by atoms with Crippen LogP contribution in [0, 0.1) is 0 Å². The second-order valence-corrected chi connectivity index (χ2v) is 22.7.